The third kappa shape index (κ3) is 4.14. The highest BCUT2D eigenvalue weighted by molar-refractivity contribution is 7.92. The van der Waals surface area contributed by atoms with Crippen LogP contribution in [0.5, 0.6) is 11.6 Å². The molecule has 1 aromatic carbocycles. The van der Waals surface area contributed by atoms with Gasteiger partial charge in [-0.15, -0.1) is 0 Å². The molecule has 27 heavy (non-hydrogen) atoms. The summed E-state index contributed by atoms with van der Waals surface area (Å²) in [6, 6.07) is 5.79. The zero-order chi connectivity index (χ0) is 19.6. The van der Waals surface area contributed by atoms with Crippen molar-refractivity contribution in [1.29, 1.82) is 0 Å². The number of sulfonamides is 1. The van der Waals surface area contributed by atoms with E-state index < -0.39 is 22.3 Å². The molecule has 2 heterocycles. The van der Waals surface area contributed by atoms with Gasteiger partial charge in [0.25, 0.3) is 10.0 Å². The Morgan fingerprint density at radius 3 is 2.89 bits per heavy atom. The first-order valence-electron chi connectivity index (χ1n) is 8.19. The van der Waals surface area contributed by atoms with Gasteiger partial charge in [0.2, 0.25) is 5.88 Å². The predicted octanol–water partition coefficient (Wildman–Crippen LogP) is 0.533. The lowest BCUT2D eigenvalue weighted by Gasteiger charge is -2.16. The Balaban J connectivity index is 1.92. The summed E-state index contributed by atoms with van der Waals surface area (Å²) < 4.78 is 38.6. The van der Waals surface area contributed by atoms with E-state index in [0.717, 1.165) is 5.56 Å². The molecule has 146 valence electrons. The summed E-state index contributed by atoms with van der Waals surface area (Å²) >= 11 is 0. The molecular weight excluding hydrogens is 374 g/mol. The fourth-order valence-corrected chi connectivity index (χ4v) is 3.98. The summed E-state index contributed by atoms with van der Waals surface area (Å²) in [5.41, 5.74) is 1.19. The molecule has 0 saturated heterocycles. The highest BCUT2D eigenvalue weighted by Gasteiger charge is 2.26. The number of ether oxygens (including phenoxy) is 2. The summed E-state index contributed by atoms with van der Waals surface area (Å²) in [4.78, 5) is 4.07. The van der Waals surface area contributed by atoms with Gasteiger partial charge < -0.3 is 19.7 Å². The van der Waals surface area contributed by atoms with Crippen LogP contribution in [0.25, 0.3) is 0 Å². The van der Waals surface area contributed by atoms with E-state index in [4.69, 9.17) is 9.47 Å². The van der Waals surface area contributed by atoms with Crippen LogP contribution >= 0.6 is 0 Å². The monoisotopic (exact) mass is 395 g/mol. The Labute approximate surface area is 157 Å². The van der Waals surface area contributed by atoms with Crippen LogP contribution in [0, 0.1) is 6.92 Å². The zero-order valence-electron chi connectivity index (χ0n) is 14.8. The quantitative estimate of drug-likeness (QED) is 0.577. The van der Waals surface area contributed by atoms with Crippen LogP contribution in [0.1, 0.15) is 17.4 Å². The van der Waals surface area contributed by atoms with Crippen molar-refractivity contribution in [3.63, 3.8) is 0 Å². The number of pyridine rings is 1. The summed E-state index contributed by atoms with van der Waals surface area (Å²) in [5, 5.41) is 22.3. The molecule has 0 aliphatic carbocycles. The Morgan fingerprint density at radius 2 is 2.19 bits per heavy atom. The van der Waals surface area contributed by atoms with Crippen molar-refractivity contribution >= 4 is 15.7 Å². The van der Waals surface area contributed by atoms with Crippen molar-refractivity contribution in [1.82, 2.24) is 10.3 Å². The number of rotatable bonds is 5. The maximum atomic E-state index is 12.8. The maximum Gasteiger partial charge on any atom is 0.265 e. The van der Waals surface area contributed by atoms with E-state index >= 15 is 0 Å². The number of benzene rings is 1. The molecule has 0 fully saturated rings. The van der Waals surface area contributed by atoms with Crippen LogP contribution in [-0.2, 0) is 10.0 Å². The van der Waals surface area contributed by atoms with Gasteiger partial charge in [-0.2, -0.15) is 0 Å². The average Bonchev–Trinajstić information content (AvgIpc) is 2.80. The predicted molar refractivity (Wildman–Crippen MR) is 97.2 cm³/mol. The molecule has 1 aliphatic heterocycles. The van der Waals surface area contributed by atoms with Crippen molar-refractivity contribution in [3.8, 4) is 11.6 Å². The zero-order valence-corrected chi connectivity index (χ0v) is 15.7. The first kappa shape index (κ1) is 19.4. The van der Waals surface area contributed by atoms with Crippen LogP contribution in [-0.4, -0.2) is 50.0 Å². The highest BCUT2D eigenvalue weighted by atomic mass is 32.2. The first-order valence-corrected chi connectivity index (χ1v) is 9.67. The standard InChI is InChI=1S/C17H21N3O6S/c1-10-3-4-14(25-2)15(5-10)27(23,24)20-11-6-13-16(22)19-12(8-21)9-26-17(13)18-7-11/h3-7,12,16,19-22H,8-9H2,1-2H3/t12-,16?/m0/s1. The lowest BCUT2D eigenvalue weighted by molar-refractivity contribution is 0.101. The first-order chi connectivity index (χ1) is 12.8. The van der Waals surface area contributed by atoms with Crippen molar-refractivity contribution in [2.45, 2.75) is 24.1 Å². The Hall–Kier alpha value is -2.40. The molecule has 9 nitrogen and oxygen atoms in total. The number of fused-ring (bicyclic) bond motifs is 1. The molecule has 0 saturated carbocycles. The van der Waals surface area contributed by atoms with Crippen LogP contribution in [0.3, 0.4) is 0 Å². The molecule has 2 aromatic rings. The van der Waals surface area contributed by atoms with E-state index in [1.165, 1.54) is 25.4 Å². The number of hydrogen-bond acceptors (Lipinski definition) is 8. The number of aryl methyl sites for hydroxylation is 1. The van der Waals surface area contributed by atoms with E-state index in [1.807, 2.05) is 0 Å². The van der Waals surface area contributed by atoms with Crippen molar-refractivity contribution < 1.29 is 28.1 Å². The van der Waals surface area contributed by atoms with Gasteiger partial charge in [-0.1, -0.05) is 6.07 Å². The van der Waals surface area contributed by atoms with E-state index in [2.05, 4.69) is 15.0 Å². The number of aliphatic hydroxyl groups is 2. The van der Waals surface area contributed by atoms with Gasteiger partial charge in [-0.25, -0.2) is 13.4 Å². The van der Waals surface area contributed by atoms with Gasteiger partial charge >= 0.3 is 0 Å². The third-order valence-electron chi connectivity index (χ3n) is 4.07. The number of anilines is 1. The molecule has 0 radical (unpaired) electrons. The molecule has 4 N–H and O–H groups in total. The van der Waals surface area contributed by atoms with Gasteiger partial charge in [-0.3, -0.25) is 10.0 Å². The minimum absolute atomic E-state index is 0.00443. The number of nitrogens with one attached hydrogen (secondary N) is 2. The molecule has 0 bridgehead atoms. The van der Waals surface area contributed by atoms with Gasteiger partial charge in [0.05, 0.1) is 37.2 Å². The lowest BCUT2D eigenvalue weighted by atomic mass is 10.2. The Morgan fingerprint density at radius 1 is 1.41 bits per heavy atom. The molecule has 3 rings (SSSR count). The highest BCUT2D eigenvalue weighted by Crippen LogP contribution is 2.30. The van der Waals surface area contributed by atoms with Crippen LogP contribution < -0.4 is 19.5 Å². The number of hydrogen-bond donors (Lipinski definition) is 4. The van der Waals surface area contributed by atoms with Crippen molar-refractivity contribution in [2.24, 2.45) is 0 Å². The van der Waals surface area contributed by atoms with Gasteiger partial charge in [0.1, 0.15) is 23.5 Å². The lowest BCUT2D eigenvalue weighted by Crippen LogP contribution is -2.37. The van der Waals surface area contributed by atoms with Crippen molar-refractivity contribution in [2.75, 3.05) is 25.0 Å². The molecule has 1 aliphatic rings. The SMILES string of the molecule is COc1ccc(C)cc1S(=O)(=O)Nc1cnc2c(c1)C(O)N[C@@H](CO)CO2. The topological polar surface area (TPSA) is 130 Å². The molecule has 1 aromatic heterocycles. The minimum Gasteiger partial charge on any atom is -0.495 e. The third-order valence-corrected chi connectivity index (χ3v) is 5.47. The number of methoxy groups -OCH3 is 1. The van der Waals surface area contributed by atoms with Crippen LogP contribution in [0.4, 0.5) is 5.69 Å². The summed E-state index contributed by atoms with van der Waals surface area (Å²) in [7, 11) is -2.55. The number of aromatic nitrogens is 1. The van der Waals surface area contributed by atoms with Gasteiger partial charge in [0, 0.05) is 0 Å². The second kappa shape index (κ2) is 7.69. The fourth-order valence-electron chi connectivity index (χ4n) is 2.69. The van der Waals surface area contributed by atoms with Crippen LogP contribution in [0.2, 0.25) is 0 Å². The van der Waals surface area contributed by atoms with E-state index in [1.54, 1.807) is 19.1 Å². The van der Waals surface area contributed by atoms with Crippen molar-refractivity contribution in [3.05, 3.63) is 41.6 Å². The molecule has 0 spiro atoms. The van der Waals surface area contributed by atoms with Gasteiger partial charge in [-0.05, 0) is 30.7 Å². The molecule has 10 heteroatoms. The van der Waals surface area contributed by atoms with E-state index in [-0.39, 0.29) is 41.0 Å². The normalized spacial score (nSPS) is 19.6. The summed E-state index contributed by atoms with van der Waals surface area (Å²) in [6.45, 7) is 1.68. The molecular formula is C17H21N3O6S. The molecule has 2 atom stereocenters. The number of nitrogens with zero attached hydrogens (tertiary/aromatic N) is 1. The number of aliphatic hydroxyl groups excluding tert-OH is 2. The summed E-state index contributed by atoms with van der Waals surface area (Å²) in [5.74, 6) is 0.383. The summed E-state index contributed by atoms with van der Waals surface area (Å²) in [6.07, 6.45) is 0.134. The maximum absolute atomic E-state index is 12.8. The minimum atomic E-state index is -3.95. The van der Waals surface area contributed by atoms with Gasteiger partial charge in [0.15, 0.2) is 0 Å². The Kier molecular flexibility index (Phi) is 5.51. The second-order valence-corrected chi connectivity index (χ2v) is 7.79. The van der Waals surface area contributed by atoms with Crippen LogP contribution in [0.15, 0.2) is 35.4 Å². The molecule has 1 unspecified atom stereocenters. The van der Waals surface area contributed by atoms with E-state index in [9.17, 15) is 18.6 Å². The second-order valence-electron chi connectivity index (χ2n) is 6.14. The molecule has 0 amide bonds. The smallest absolute Gasteiger partial charge is 0.265 e. The Bertz CT molecular complexity index is 934. The van der Waals surface area contributed by atoms with E-state index in [0.29, 0.717) is 0 Å². The average molecular weight is 395 g/mol. The largest absolute Gasteiger partial charge is 0.495 e. The fraction of sp³-hybridized carbons (Fsp3) is 0.353.